The number of ether oxygens (including phenoxy) is 2. The molecule has 0 aromatic heterocycles. The van der Waals surface area contributed by atoms with Crippen LogP contribution in [0.2, 0.25) is 0 Å². The Morgan fingerprint density at radius 3 is 2.59 bits per heavy atom. The molecule has 29 heavy (non-hydrogen) atoms. The quantitative estimate of drug-likeness (QED) is 0.781. The van der Waals surface area contributed by atoms with Crippen molar-refractivity contribution >= 4 is 11.8 Å². The zero-order chi connectivity index (χ0) is 20.8. The summed E-state index contributed by atoms with van der Waals surface area (Å²) >= 11 is 0. The minimum Gasteiger partial charge on any atom is -0.497 e. The monoisotopic (exact) mass is 396 g/mol. The number of hydrogen-bond donors (Lipinski definition) is 1. The van der Waals surface area contributed by atoms with E-state index in [2.05, 4.69) is 5.32 Å². The van der Waals surface area contributed by atoms with Crippen LogP contribution in [0.1, 0.15) is 35.2 Å². The van der Waals surface area contributed by atoms with Gasteiger partial charge in [0.05, 0.1) is 20.1 Å². The molecule has 2 unspecified atom stereocenters. The molecule has 0 saturated carbocycles. The van der Waals surface area contributed by atoms with Gasteiger partial charge in [-0.15, -0.1) is 0 Å². The molecule has 1 N–H and O–H groups in total. The zero-order valence-electron chi connectivity index (χ0n) is 17.2. The van der Waals surface area contributed by atoms with Crippen LogP contribution in [0.3, 0.4) is 0 Å². The molecule has 6 heteroatoms. The van der Waals surface area contributed by atoms with Gasteiger partial charge in [0, 0.05) is 31.1 Å². The topological polar surface area (TPSA) is 67.9 Å². The van der Waals surface area contributed by atoms with E-state index in [0.717, 1.165) is 17.7 Å². The number of nitrogens with zero attached hydrogens (tertiary/aromatic N) is 1. The number of methoxy groups -OCH3 is 2. The van der Waals surface area contributed by atoms with E-state index in [0.29, 0.717) is 30.9 Å². The van der Waals surface area contributed by atoms with E-state index < -0.39 is 0 Å². The molecule has 6 nitrogen and oxygen atoms in total. The van der Waals surface area contributed by atoms with Crippen LogP contribution in [0.4, 0.5) is 0 Å². The van der Waals surface area contributed by atoms with Crippen LogP contribution in [0.5, 0.6) is 11.5 Å². The van der Waals surface area contributed by atoms with Gasteiger partial charge in [-0.1, -0.05) is 31.2 Å². The lowest BCUT2D eigenvalue weighted by Crippen LogP contribution is -2.36. The second-order valence-corrected chi connectivity index (χ2v) is 7.19. The largest absolute Gasteiger partial charge is 0.497 e. The van der Waals surface area contributed by atoms with Gasteiger partial charge < -0.3 is 19.7 Å². The molecule has 0 spiro atoms. The highest BCUT2D eigenvalue weighted by atomic mass is 16.5. The van der Waals surface area contributed by atoms with Crippen molar-refractivity contribution in [3.05, 3.63) is 59.7 Å². The molecule has 2 amide bonds. The number of likely N-dealkylation sites (tertiary alicyclic amines) is 1. The molecular weight excluding hydrogens is 368 g/mol. The second-order valence-electron chi connectivity index (χ2n) is 7.19. The van der Waals surface area contributed by atoms with Gasteiger partial charge in [-0.05, 0) is 36.2 Å². The molecule has 0 aliphatic carbocycles. The third kappa shape index (κ3) is 4.53. The van der Waals surface area contributed by atoms with Crippen molar-refractivity contribution in [2.24, 2.45) is 5.92 Å². The third-order valence-corrected chi connectivity index (χ3v) is 5.35. The van der Waals surface area contributed by atoms with Crippen molar-refractivity contribution in [3.63, 3.8) is 0 Å². The maximum Gasteiger partial charge on any atom is 0.254 e. The number of nitrogens with one attached hydrogen (secondary N) is 1. The molecule has 1 aliphatic rings. The summed E-state index contributed by atoms with van der Waals surface area (Å²) in [5.41, 5.74) is 1.50. The van der Waals surface area contributed by atoms with E-state index in [4.69, 9.17) is 9.47 Å². The molecule has 2 aromatic rings. The van der Waals surface area contributed by atoms with E-state index in [9.17, 15) is 9.59 Å². The lowest BCUT2D eigenvalue weighted by atomic mass is 9.87. The first-order chi connectivity index (χ1) is 14.1. The van der Waals surface area contributed by atoms with Crippen molar-refractivity contribution in [2.45, 2.75) is 19.3 Å². The zero-order valence-corrected chi connectivity index (χ0v) is 17.2. The first-order valence-corrected chi connectivity index (χ1v) is 9.93. The molecule has 0 bridgehead atoms. The highest BCUT2D eigenvalue weighted by Gasteiger charge is 2.41. The van der Waals surface area contributed by atoms with Crippen molar-refractivity contribution in [1.82, 2.24) is 10.2 Å². The van der Waals surface area contributed by atoms with Gasteiger partial charge in [-0.2, -0.15) is 0 Å². The van der Waals surface area contributed by atoms with Gasteiger partial charge in [-0.25, -0.2) is 0 Å². The number of rotatable bonds is 7. The van der Waals surface area contributed by atoms with E-state index in [-0.39, 0.29) is 23.7 Å². The summed E-state index contributed by atoms with van der Waals surface area (Å²) in [6.45, 7) is 3.47. The molecular formula is C23H28N2O4. The first-order valence-electron chi connectivity index (χ1n) is 9.93. The Hall–Kier alpha value is -3.02. The molecule has 1 heterocycles. The molecule has 2 aromatic carbocycles. The molecule has 2 atom stereocenters. The number of para-hydroxylation sites is 1. The second kappa shape index (κ2) is 9.45. The van der Waals surface area contributed by atoms with Gasteiger partial charge >= 0.3 is 0 Å². The van der Waals surface area contributed by atoms with Crippen molar-refractivity contribution in [2.75, 3.05) is 33.9 Å². The normalized spacial score (nSPS) is 18.4. The van der Waals surface area contributed by atoms with Crippen molar-refractivity contribution < 1.29 is 19.1 Å². The third-order valence-electron chi connectivity index (χ3n) is 5.35. The highest BCUT2D eigenvalue weighted by Crippen LogP contribution is 2.38. The Balaban J connectivity index is 1.89. The number of hydrogen-bond acceptors (Lipinski definition) is 4. The van der Waals surface area contributed by atoms with Crippen LogP contribution in [0.25, 0.3) is 0 Å². The van der Waals surface area contributed by atoms with Gasteiger partial charge in [0.1, 0.15) is 11.5 Å². The Morgan fingerprint density at radius 2 is 1.86 bits per heavy atom. The van der Waals surface area contributed by atoms with Gasteiger partial charge in [0.2, 0.25) is 5.91 Å². The Kier molecular flexibility index (Phi) is 6.75. The number of carbonyl (C=O) groups excluding carboxylic acids is 2. The van der Waals surface area contributed by atoms with Crippen molar-refractivity contribution in [1.29, 1.82) is 0 Å². The average Bonchev–Trinajstić information content (AvgIpc) is 3.22. The molecule has 3 rings (SSSR count). The maximum absolute atomic E-state index is 13.1. The number of amides is 2. The first kappa shape index (κ1) is 20.7. The van der Waals surface area contributed by atoms with E-state index in [1.54, 1.807) is 43.4 Å². The summed E-state index contributed by atoms with van der Waals surface area (Å²) in [7, 11) is 3.20. The average molecular weight is 396 g/mol. The summed E-state index contributed by atoms with van der Waals surface area (Å²) < 4.78 is 10.8. The van der Waals surface area contributed by atoms with Gasteiger partial charge in [-0.3, -0.25) is 9.59 Å². The van der Waals surface area contributed by atoms with E-state index in [1.165, 1.54) is 0 Å². The molecule has 0 radical (unpaired) electrons. The molecule has 1 saturated heterocycles. The fraction of sp³-hybridized carbons (Fsp3) is 0.391. The van der Waals surface area contributed by atoms with Crippen LogP contribution >= 0.6 is 0 Å². The van der Waals surface area contributed by atoms with Crippen LogP contribution in [-0.2, 0) is 4.79 Å². The Labute approximate surface area is 171 Å². The SMILES string of the molecule is CCCNC(=O)C1CN(C(=O)c2cccc(OC)c2)CC1c1ccccc1OC. The lowest BCUT2D eigenvalue weighted by Gasteiger charge is -2.20. The summed E-state index contributed by atoms with van der Waals surface area (Å²) in [6, 6.07) is 14.8. The van der Waals surface area contributed by atoms with Crippen LogP contribution in [0, 0.1) is 5.92 Å². The lowest BCUT2D eigenvalue weighted by molar-refractivity contribution is -0.124. The van der Waals surface area contributed by atoms with Crippen LogP contribution < -0.4 is 14.8 Å². The number of carbonyl (C=O) groups is 2. The smallest absolute Gasteiger partial charge is 0.254 e. The Bertz CT molecular complexity index is 867. The van der Waals surface area contributed by atoms with Crippen LogP contribution in [-0.4, -0.2) is 50.6 Å². The highest BCUT2D eigenvalue weighted by molar-refractivity contribution is 5.95. The predicted octanol–water partition coefficient (Wildman–Crippen LogP) is 3.09. The van der Waals surface area contributed by atoms with Gasteiger partial charge in [0.15, 0.2) is 0 Å². The predicted molar refractivity (Wildman–Crippen MR) is 111 cm³/mol. The standard InChI is InChI=1S/C23H28N2O4/c1-4-12-24-22(26)20-15-25(23(27)16-8-7-9-17(13-16)28-2)14-19(20)18-10-5-6-11-21(18)29-3/h5-11,13,19-20H,4,12,14-15H2,1-3H3,(H,24,26). The Morgan fingerprint density at radius 1 is 1.07 bits per heavy atom. The minimum absolute atomic E-state index is 0.0244. The van der Waals surface area contributed by atoms with E-state index in [1.807, 2.05) is 31.2 Å². The fourth-order valence-electron chi connectivity index (χ4n) is 3.84. The molecule has 154 valence electrons. The number of benzene rings is 2. The summed E-state index contributed by atoms with van der Waals surface area (Å²) in [6.07, 6.45) is 0.865. The summed E-state index contributed by atoms with van der Waals surface area (Å²) in [5, 5.41) is 2.99. The van der Waals surface area contributed by atoms with Gasteiger partial charge in [0.25, 0.3) is 5.91 Å². The summed E-state index contributed by atoms with van der Waals surface area (Å²) in [5.74, 6) is 0.790. The van der Waals surface area contributed by atoms with Crippen LogP contribution in [0.15, 0.2) is 48.5 Å². The summed E-state index contributed by atoms with van der Waals surface area (Å²) in [4.78, 5) is 27.8. The minimum atomic E-state index is -0.326. The maximum atomic E-state index is 13.1. The molecule has 1 aliphatic heterocycles. The van der Waals surface area contributed by atoms with E-state index >= 15 is 0 Å². The van der Waals surface area contributed by atoms with Crippen molar-refractivity contribution in [3.8, 4) is 11.5 Å². The molecule has 1 fully saturated rings. The fourth-order valence-corrected chi connectivity index (χ4v) is 3.84.